The molecule has 0 radical (unpaired) electrons. The van der Waals surface area contributed by atoms with Gasteiger partial charge in [0.2, 0.25) is 0 Å². The number of hydrogen-bond donors (Lipinski definition) is 0. The van der Waals surface area contributed by atoms with Gasteiger partial charge in [-0.05, 0) is 36.6 Å². The lowest BCUT2D eigenvalue weighted by Gasteiger charge is -2.29. The van der Waals surface area contributed by atoms with Gasteiger partial charge in [0.25, 0.3) is 0 Å². The maximum atomic E-state index is 14.6. The van der Waals surface area contributed by atoms with E-state index in [0.717, 1.165) is 23.3 Å². The summed E-state index contributed by atoms with van der Waals surface area (Å²) in [6, 6.07) is 13.0. The standard InChI is InChI=1S/C25H19F5O3/c1-15-2-5-19(6-3-15)31-12-16-13-32-24(33-14-16)17-4-7-20-18(10-17)11-22(26)21(23(20)27)8-9-25(28,29)30/h2-7,10-11,16,24H,12-14H2,1H3. The zero-order valence-corrected chi connectivity index (χ0v) is 17.5. The van der Waals surface area contributed by atoms with Gasteiger partial charge in [-0.1, -0.05) is 35.7 Å². The quantitative estimate of drug-likeness (QED) is 0.347. The minimum atomic E-state index is -4.85. The average molecular weight is 462 g/mol. The molecule has 0 unspecified atom stereocenters. The van der Waals surface area contributed by atoms with Crippen molar-refractivity contribution < 1.29 is 36.2 Å². The van der Waals surface area contributed by atoms with E-state index in [-0.39, 0.29) is 16.7 Å². The van der Waals surface area contributed by atoms with Crippen molar-refractivity contribution in [3.63, 3.8) is 0 Å². The van der Waals surface area contributed by atoms with Crippen LogP contribution < -0.4 is 4.74 Å². The second kappa shape index (κ2) is 9.38. The summed E-state index contributed by atoms with van der Waals surface area (Å²) in [6.45, 7) is 3.13. The molecule has 0 aromatic heterocycles. The van der Waals surface area contributed by atoms with Gasteiger partial charge in [-0.15, -0.1) is 0 Å². The molecule has 172 valence electrons. The molecule has 3 nitrogen and oxygen atoms in total. The molecule has 3 aromatic rings. The zero-order chi connectivity index (χ0) is 23.6. The van der Waals surface area contributed by atoms with Crippen molar-refractivity contribution in [1.29, 1.82) is 0 Å². The second-order valence-electron chi connectivity index (χ2n) is 7.76. The monoisotopic (exact) mass is 462 g/mol. The van der Waals surface area contributed by atoms with E-state index in [1.54, 1.807) is 0 Å². The van der Waals surface area contributed by atoms with Gasteiger partial charge in [0.05, 0.1) is 25.4 Å². The molecule has 0 aliphatic carbocycles. The van der Waals surface area contributed by atoms with Gasteiger partial charge in [0.1, 0.15) is 17.4 Å². The molecular weight excluding hydrogens is 443 g/mol. The SMILES string of the molecule is Cc1ccc(OCC2COC(c3ccc4c(F)c(C#CC(F)(F)F)c(F)cc4c3)OC2)cc1. The van der Waals surface area contributed by atoms with Crippen LogP contribution in [-0.2, 0) is 9.47 Å². The fourth-order valence-corrected chi connectivity index (χ4v) is 3.42. The molecule has 1 fully saturated rings. The molecule has 0 spiro atoms. The van der Waals surface area contributed by atoms with E-state index in [1.807, 2.05) is 31.2 Å². The Kier molecular flexibility index (Phi) is 6.54. The van der Waals surface area contributed by atoms with Crippen molar-refractivity contribution in [2.24, 2.45) is 5.92 Å². The number of fused-ring (bicyclic) bond motifs is 1. The van der Waals surface area contributed by atoms with Crippen LogP contribution in [0.2, 0.25) is 0 Å². The van der Waals surface area contributed by atoms with E-state index in [1.165, 1.54) is 24.1 Å². The maximum Gasteiger partial charge on any atom is 0.458 e. The highest BCUT2D eigenvalue weighted by atomic mass is 19.4. The Labute approximate surface area is 187 Å². The van der Waals surface area contributed by atoms with Crippen LogP contribution in [0.1, 0.15) is 23.0 Å². The number of halogens is 5. The molecule has 3 aromatic carbocycles. The molecular formula is C25H19F5O3. The highest BCUT2D eigenvalue weighted by Gasteiger charge is 2.26. The van der Waals surface area contributed by atoms with Crippen LogP contribution >= 0.6 is 0 Å². The Balaban J connectivity index is 1.44. The van der Waals surface area contributed by atoms with Crippen LogP contribution in [-0.4, -0.2) is 26.0 Å². The zero-order valence-electron chi connectivity index (χ0n) is 17.5. The highest BCUT2D eigenvalue weighted by molar-refractivity contribution is 5.85. The molecule has 0 N–H and O–H groups in total. The lowest BCUT2D eigenvalue weighted by Crippen LogP contribution is -2.31. The Morgan fingerprint density at radius 3 is 2.36 bits per heavy atom. The fourth-order valence-electron chi connectivity index (χ4n) is 3.42. The summed E-state index contributed by atoms with van der Waals surface area (Å²) in [5.74, 6) is 0.869. The van der Waals surface area contributed by atoms with Crippen molar-refractivity contribution in [3.05, 3.63) is 76.9 Å². The fraction of sp³-hybridized carbons (Fsp3) is 0.280. The smallest absolute Gasteiger partial charge is 0.458 e. The molecule has 1 aliphatic heterocycles. The van der Waals surface area contributed by atoms with Crippen LogP contribution in [0.3, 0.4) is 0 Å². The van der Waals surface area contributed by atoms with Crippen molar-refractivity contribution in [1.82, 2.24) is 0 Å². The lowest BCUT2D eigenvalue weighted by molar-refractivity contribution is -0.208. The molecule has 1 aliphatic rings. The van der Waals surface area contributed by atoms with Crippen molar-refractivity contribution in [3.8, 4) is 17.6 Å². The topological polar surface area (TPSA) is 27.7 Å². The molecule has 1 heterocycles. The van der Waals surface area contributed by atoms with Gasteiger partial charge in [-0.25, -0.2) is 8.78 Å². The summed E-state index contributed by atoms with van der Waals surface area (Å²) in [6.07, 6.45) is -5.59. The van der Waals surface area contributed by atoms with Crippen molar-refractivity contribution in [2.75, 3.05) is 19.8 Å². The first-order valence-corrected chi connectivity index (χ1v) is 10.1. The van der Waals surface area contributed by atoms with Gasteiger partial charge in [-0.2, -0.15) is 13.2 Å². The van der Waals surface area contributed by atoms with Crippen molar-refractivity contribution >= 4 is 10.8 Å². The van der Waals surface area contributed by atoms with Crippen molar-refractivity contribution in [2.45, 2.75) is 19.4 Å². The third-order valence-corrected chi connectivity index (χ3v) is 5.13. The summed E-state index contributed by atoms with van der Waals surface area (Å²) in [5, 5.41) is 0.115. The van der Waals surface area contributed by atoms with E-state index in [4.69, 9.17) is 14.2 Å². The lowest BCUT2D eigenvalue weighted by atomic mass is 10.0. The molecule has 0 saturated carbocycles. The van der Waals surface area contributed by atoms with Crippen LogP contribution in [0, 0.1) is 36.3 Å². The number of aryl methyl sites for hydroxylation is 1. The number of benzene rings is 3. The normalized spacial score (nSPS) is 18.6. The third-order valence-electron chi connectivity index (χ3n) is 5.13. The first-order valence-electron chi connectivity index (χ1n) is 10.1. The van der Waals surface area contributed by atoms with Gasteiger partial charge < -0.3 is 14.2 Å². The van der Waals surface area contributed by atoms with Crippen LogP contribution in [0.5, 0.6) is 5.75 Å². The average Bonchev–Trinajstić information content (AvgIpc) is 2.78. The predicted octanol–water partition coefficient (Wildman–Crippen LogP) is 6.08. The Morgan fingerprint density at radius 2 is 1.70 bits per heavy atom. The maximum absolute atomic E-state index is 14.6. The summed E-state index contributed by atoms with van der Waals surface area (Å²) >= 11 is 0. The number of hydrogen-bond acceptors (Lipinski definition) is 3. The minimum Gasteiger partial charge on any atom is -0.493 e. The summed E-state index contributed by atoms with van der Waals surface area (Å²) < 4.78 is 83.0. The van der Waals surface area contributed by atoms with Gasteiger partial charge in [0, 0.05) is 22.8 Å². The highest BCUT2D eigenvalue weighted by Crippen LogP contribution is 2.31. The van der Waals surface area contributed by atoms with Crippen LogP contribution in [0.25, 0.3) is 10.8 Å². The van der Waals surface area contributed by atoms with Gasteiger partial charge in [-0.3, -0.25) is 0 Å². The van der Waals surface area contributed by atoms with E-state index in [9.17, 15) is 22.0 Å². The van der Waals surface area contributed by atoms with Crippen LogP contribution in [0.4, 0.5) is 22.0 Å². The van der Waals surface area contributed by atoms with E-state index in [2.05, 4.69) is 0 Å². The molecule has 8 heteroatoms. The second-order valence-corrected chi connectivity index (χ2v) is 7.76. The number of ether oxygens (including phenoxy) is 3. The Hall–Kier alpha value is -3.15. The molecule has 4 rings (SSSR count). The predicted molar refractivity (Wildman–Crippen MR) is 112 cm³/mol. The largest absolute Gasteiger partial charge is 0.493 e. The molecule has 1 saturated heterocycles. The first kappa shape index (κ1) is 23.0. The van der Waals surface area contributed by atoms with Gasteiger partial charge >= 0.3 is 6.18 Å². The molecule has 0 atom stereocenters. The molecule has 33 heavy (non-hydrogen) atoms. The van der Waals surface area contributed by atoms with E-state index >= 15 is 0 Å². The number of alkyl halides is 3. The van der Waals surface area contributed by atoms with E-state index < -0.39 is 29.7 Å². The van der Waals surface area contributed by atoms with E-state index in [0.29, 0.717) is 25.4 Å². The van der Waals surface area contributed by atoms with Crippen LogP contribution in [0.15, 0.2) is 48.5 Å². The Bertz CT molecular complexity index is 1200. The third kappa shape index (κ3) is 5.62. The summed E-state index contributed by atoms with van der Waals surface area (Å²) in [4.78, 5) is 0. The first-order chi connectivity index (χ1) is 15.7. The number of rotatable bonds is 4. The summed E-state index contributed by atoms with van der Waals surface area (Å²) in [7, 11) is 0. The molecule has 0 amide bonds. The van der Waals surface area contributed by atoms with Gasteiger partial charge in [0.15, 0.2) is 6.29 Å². The minimum absolute atomic E-state index is 0.00710. The molecule has 0 bridgehead atoms. The summed E-state index contributed by atoms with van der Waals surface area (Å²) in [5.41, 5.74) is 0.748. The Morgan fingerprint density at radius 1 is 1.00 bits per heavy atom.